The minimum atomic E-state index is -3.94. The molecule has 3 rings (SSSR count). The quantitative estimate of drug-likeness (QED) is 0.400. The predicted molar refractivity (Wildman–Crippen MR) is 97.9 cm³/mol. The third kappa shape index (κ3) is 4.96. The first-order valence-corrected chi connectivity index (χ1v) is 10.3. The summed E-state index contributed by atoms with van der Waals surface area (Å²) in [6.45, 7) is 0.371. The molecule has 1 aromatic heterocycles. The van der Waals surface area contributed by atoms with Crippen LogP contribution >= 0.6 is 11.6 Å². The molecular formula is C17H18ClN3O6S. The summed E-state index contributed by atoms with van der Waals surface area (Å²) in [5, 5.41) is 11.5. The van der Waals surface area contributed by atoms with Crippen LogP contribution in [0.4, 0.5) is 0 Å². The van der Waals surface area contributed by atoms with Crippen molar-refractivity contribution in [1.82, 2.24) is 9.71 Å². The van der Waals surface area contributed by atoms with Gasteiger partial charge < -0.3 is 14.7 Å². The zero-order valence-corrected chi connectivity index (χ0v) is 16.3. The Kier molecular flexibility index (Phi) is 6.45. The second-order valence-corrected chi connectivity index (χ2v) is 8.21. The van der Waals surface area contributed by atoms with E-state index < -0.39 is 16.0 Å². The number of carbonyl (C=O) groups is 1. The first-order chi connectivity index (χ1) is 13.4. The van der Waals surface area contributed by atoms with Crippen molar-refractivity contribution in [3.63, 3.8) is 0 Å². The number of nitrogens with one attached hydrogen (secondary N) is 1. The molecule has 0 bridgehead atoms. The summed E-state index contributed by atoms with van der Waals surface area (Å²) in [5.74, 6) is -0.811. The smallest absolute Gasteiger partial charge is 0.339 e. The van der Waals surface area contributed by atoms with E-state index in [2.05, 4.69) is 9.71 Å². The summed E-state index contributed by atoms with van der Waals surface area (Å²) in [4.78, 5) is 15.8. The van der Waals surface area contributed by atoms with Crippen LogP contribution in [0.15, 0.2) is 41.6 Å². The molecule has 1 saturated heterocycles. The Balaban J connectivity index is 1.71. The highest BCUT2D eigenvalue weighted by molar-refractivity contribution is 7.89. The molecule has 0 radical (unpaired) electrons. The summed E-state index contributed by atoms with van der Waals surface area (Å²) in [5.41, 5.74) is -0.0183. The van der Waals surface area contributed by atoms with Gasteiger partial charge in [0.15, 0.2) is 6.61 Å². The lowest BCUT2D eigenvalue weighted by Crippen LogP contribution is -2.33. The van der Waals surface area contributed by atoms with Crippen molar-refractivity contribution in [2.75, 3.05) is 13.2 Å². The fourth-order valence-corrected chi connectivity index (χ4v) is 4.21. The third-order valence-corrected chi connectivity index (χ3v) is 6.00. The molecule has 2 aromatic rings. The molecule has 1 aliphatic heterocycles. The summed E-state index contributed by atoms with van der Waals surface area (Å²) in [7, 11) is -3.94. The van der Waals surface area contributed by atoms with Crippen LogP contribution in [0.1, 0.15) is 29.0 Å². The van der Waals surface area contributed by atoms with Crippen molar-refractivity contribution in [3.8, 4) is 0 Å². The summed E-state index contributed by atoms with van der Waals surface area (Å²) < 4.78 is 38.5. The van der Waals surface area contributed by atoms with Crippen LogP contribution < -0.4 is 9.45 Å². The van der Waals surface area contributed by atoms with Gasteiger partial charge in [0.05, 0.1) is 22.9 Å². The molecule has 1 N–H and O–H groups in total. The Bertz CT molecular complexity index is 963. The molecule has 9 nitrogen and oxygen atoms in total. The highest BCUT2D eigenvalue weighted by atomic mass is 35.5. The van der Waals surface area contributed by atoms with Gasteiger partial charge in [-0.3, -0.25) is 0 Å². The Labute approximate surface area is 166 Å². The molecule has 0 spiro atoms. The van der Waals surface area contributed by atoms with Crippen molar-refractivity contribution in [2.24, 2.45) is 0 Å². The SMILES string of the molecule is O=C(OCc1nccc[n+]1[O-])c1ccc(Cl)c(S(=O)(=O)NCC2CCCO2)c1. The lowest BCUT2D eigenvalue weighted by molar-refractivity contribution is -0.620. The zero-order chi connectivity index (χ0) is 20.1. The number of esters is 1. The molecule has 28 heavy (non-hydrogen) atoms. The van der Waals surface area contributed by atoms with Crippen LogP contribution in [-0.4, -0.2) is 38.6 Å². The zero-order valence-electron chi connectivity index (χ0n) is 14.7. The van der Waals surface area contributed by atoms with Crippen molar-refractivity contribution < 1.29 is 27.4 Å². The fraction of sp³-hybridized carbons (Fsp3) is 0.353. The van der Waals surface area contributed by atoms with E-state index in [4.69, 9.17) is 21.1 Å². The van der Waals surface area contributed by atoms with Crippen LogP contribution in [0, 0.1) is 5.21 Å². The number of benzene rings is 1. The standard InChI is InChI=1S/C17H18ClN3O6S/c18-14-5-4-12(17(22)27-11-16-19-6-2-7-21(16)23)9-15(14)28(24,25)20-10-13-3-1-8-26-13/h2,4-7,9,13,20H,1,3,8,10-11H2. The van der Waals surface area contributed by atoms with E-state index in [0.717, 1.165) is 18.9 Å². The van der Waals surface area contributed by atoms with Gasteiger partial charge in [-0.1, -0.05) is 11.6 Å². The van der Waals surface area contributed by atoms with Gasteiger partial charge in [0, 0.05) is 19.2 Å². The van der Waals surface area contributed by atoms with Crippen molar-refractivity contribution >= 4 is 27.6 Å². The topological polar surface area (TPSA) is 122 Å². The van der Waals surface area contributed by atoms with Gasteiger partial charge in [-0.15, -0.1) is 0 Å². The minimum Gasteiger partial charge on any atom is -0.711 e. The van der Waals surface area contributed by atoms with Gasteiger partial charge in [0.2, 0.25) is 10.0 Å². The predicted octanol–water partition coefficient (Wildman–Crippen LogP) is 1.18. The van der Waals surface area contributed by atoms with Gasteiger partial charge in [-0.2, -0.15) is 0 Å². The van der Waals surface area contributed by atoms with E-state index >= 15 is 0 Å². The van der Waals surface area contributed by atoms with Gasteiger partial charge >= 0.3 is 11.8 Å². The molecule has 0 aliphatic carbocycles. The van der Waals surface area contributed by atoms with E-state index in [1.165, 1.54) is 30.6 Å². The molecule has 11 heteroatoms. The number of carbonyl (C=O) groups excluding carboxylic acids is 1. The first-order valence-electron chi connectivity index (χ1n) is 8.48. The van der Waals surface area contributed by atoms with E-state index in [-0.39, 0.29) is 40.6 Å². The summed E-state index contributed by atoms with van der Waals surface area (Å²) >= 11 is 6.02. The lowest BCUT2D eigenvalue weighted by atomic mass is 10.2. The molecule has 2 heterocycles. The molecule has 1 aromatic carbocycles. The largest absolute Gasteiger partial charge is 0.711 e. The van der Waals surface area contributed by atoms with Crippen LogP contribution in [0.3, 0.4) is 0 Å². The van der Waals surface area contributed by atoms with E-state index in [1.54, 1.807) is 0 Å². The normalized spacial score (nSPS) is 16.8. The van der Waals surface area contributed by atoms with Crippen LogP contribution in [-0.2, 0) is 26.1 Å². The number of halogens is 1. The molecule has 150 valence electrons. The fourth-order valence-electron chi connectivity index (χ4n) is 2.62. The second kappa shape index (κ2) is 8.82. The molecule has 1 fully saturated rings. The van der Waals surface area contributed by atoms with Gasteiger partial charge in [0.1, 0.15) is 11.1 Å². The van der Waals surface area contributed by atoms with Crippen LogP contribution in [0.2, 0.25) is 5.02 Å². The number of hydrogen-bond donors (Lipinski definition) is 1. The molecular weight excluding hydrogens is 410 g/mol. The number of ether oxygens (including phenoxy) is 2. The van der Waals surface area contributed by atoms with Gasteiger partial charge in [0.25, 0.3) is 0 Å². The van der Waals surface area contributed by atoms with E-state index in [9.17, 15) is 18.4 Å². The van der Waals surface area contributed by atoms with Crippen molar-refractivity contribution in [2.45, 2.75) is 30.4 Å². The van der Waals surface area contributed by atoms with E-state index in [0.29, 0.717) is 11.3 Å². The molecule has 0 amide bonds. The van der Waals surface area contributed by atoms with Crippen molar-refractivity contribution in [1.29, 1.82) is 0 Å². The van der Waals surface area contributed by atoms with Gasteiger partial charge in [-0.05, 0) is 36.0 Å². The molecule has 1 aliphatic rings. The average molecular weight is 428 g/mol. The van der Waals surface area contributed by atoms with Gasteiger partial charge in [-0.25, -0.2) is 22.7 Å². The number of nitrogens with zero attached hydrogens (tertiary/aromatic N) is 2. The number of rotatable bonds is 7. The number of sulfonamides is 1. The number of aromatic nitrogens is 2. The maximum Gasteiger partial charge on any atom is 0.339 e. The highest BCUT2D eigenvalue weighted by Gasteiger charge is 2.24. The summed E-state index contributed by atoms with van der Waals surface area (Å²) in [6, 6.07) is 5.21. The molecule has 0 saturated carbocycles. The van der Waals surface area contributed by atoms with Crippen LogP contribution in [0.25, 0.3) is 0 Å². The minimum absolute atomic E-state index is 0.00381. The summed E-state index contributed by atoms with van der Waals surface area (Å²) in [6.07, 6.45) is 4.09. The Morgan fingerprint density at radius 2 is 2.29 bits per heavy atom. The Morgan fingerprint density at radius 3 is 3.00 bits per heavy atom. The Morgan fingerprint density at radius 1 is 1.46 bits per heavy atom. The maximum absolute atomic E-state index is 12.6. The van der Waals surface area contributed by atoms with Crippen LogP contribution in [0.5, 0.6) is 0 Å². The molecule has 1 unspecified atom stereocenters. The Hall–Kier alpha value is -2.27. The second-order valence-electron chi connectivity index (χ2n) is 6.07. The third-order valence-electron chi connectivity index (χ3n) is 4.10. The van der Waals surface area contributed by atoms with Crippen molar-refractivity contribution in [3.05, 3.63) is 58.3 Å². The maximum atomic E-state index is 12.6. The monoisotopic (exact) mass is 427 g/mol. The average Bonchev–Trinajstić information content (AvgIpc) is 3.19. The lowest BCUT2D eigenvalue weighted by Gasteiger charge is -2.13. The van der Waals surface area contributed by atoms with E-state index in [1.807, 2.05) is 0 Å². The highest BCUT2D eigenvalue weighted by Crippen LogP contribution is 2.23. The number of hydrogen-bond acceptors (Lipinski definition) is 7. The molecule has 1 atom stereocenters. The first kappa shape index (κ1) is 20.5.